The maximum Gasteiger partial charge on any atom is 0.225 e. The minimum Gasteiger partial charge on any atom is -0.393 e. The molecule has 3 N–H and O–H groups in total. The number of benzene rings is 1. The van der Waals surface area contributed by atoms with Gasteiger partial charge in [0.05, 0.1) is 28.1 Å². The van der Waals surface area contributed by atoms with Gasteiger partial charge in [-0.15, -0.1) is 0 Å². The van der Waals surface area contributed by atoms with Gasteiger partial charge in [-0.25, -0.2) is 9.97 Å². The van der Waals surface area contributed by atoms with Gasteiger partial charge in [-0.3, -0.25) is 4.90 Å². The highest BCUT2D eigenvalue weighted by atomic mass is 32.1. The third-order valence-corrected chi connectivity index (χ3v) is 8.01. The molecule has 2 aliphatic rings. The Morgan fingerprint density at radius 2 is 1.89 bits per heavy atom. The van der Waals surface area contributed by atoms with Crippen LogP contribution in [0.2, 0.25) is 0 Å². The normalized spacial score (nSPS) is 21.4. The topological polar surface area (TPSA) is 87.2 Å². The number of ether oxygens (including phenoxy) is 1. The van der Waals surface area contributed by atoms with Crippen molar-refractivity contribution in [2.75, 3.05) is 30.8 Å². The number of rotatable bonds is 9. The zero-order valence-corrected chi connectivity index (χ0v) is 23.5. The third-order valence-electron chi connectivity index (χ3n) is 7.07. The number of morpholine rings is 1. The highest BCUT2D eigenvalue weighted by Gasteiger charge is 2.23. The molecule has 0 spiro atoms. The van der Waals surface area contributed by atoms with Crippen molar-refractivity contribution in [2.45, 2.75) is 70.7 Å². The fraction of sp³-hybridized carbons (Fsp3) is 0.483. The molecule has 2 fully saturated rings. The predicted molar refractivity (Wildman–Crippen MR) is 158 cm³/mol. The van der Waals surface area contributed by atoms with Gasteiger partial charge in [-0.05, 0) is 50.0 Å². The zero-order chi connectivity index (χ0) is 26.5. The van der Waals surface area contributed by atoms with Crippen LogP contribution in [0.5, 0.6) is 0 Å². The van der Waals surface area contributed by atoms with Gasteiger partial charge in [0.25, 0.3) is 0 Å². The number of hydrogen-bond acceptors (Lipinski definition) is 9. The van der Waals surface area contributed by atoms with Crippen molar-refractivity contribution in [1.82, 2.24) is 25.2 Å². The molecule has 1 saturated carbocycles. The Hall–Kier alpha value is -3.01. The number of aromatic nitrogens is 3. The summed E-state index contributed by atoms with van der Waals surface area (Å²) in [6.45, 7) is 10.8. The van der Waals surface area contributed by atoms with E-state index in [4.69, 9.17) is 19.7 Å². The lowest BCUT2D eigenvalue weighted by Gasteiger charge is -2.35. The van der Waals surface area contributed by atoms with Crippen LogP contribution in [0.3, 0.4) is 0 Å². The average molecular weight is 534 g/mol. The van der Waals surface area contributed by atoms with E-state index >= 15 is 0 Å². The number of thiazole rings is 1. The summed E-state index contributed by atoms with van der Waals surface area (Å²) < 4.78 is 7.05. The molecule has 38 heavy (non-hydrogen) atoms. The largest absolute Gasteiger partial charge is 0.393 e. The molecule has 1 aliphatic carbocycles. The SMILES string of the molecule is C=C/C(=C\NC)c1ccc2nc(Nc3cc(CN4CC(C)OC(C)C4)nc(NC4CCCCC4)n3)sc2c1. The molecule has 1 aliphatic heterocycles. The molecule has 8 nitrogen and oxygen atoms in total. The summed E-state index contributed by atoms with van der Waals surface area (Å²) in [6.07, 6.45) is 10.4. The number of fused-ring (bicyclic) bond motifs is 1. The van der Waals surface area contributed by atoms with Crippen LogP contribution >= 0.6 is 11.3 Å². The lowest BCUT2D eigenvalue weighted by atomic mass is 9.96. The van der Waals surface area contributed by atoms with Gasteiger partial charge in [-0.2, -0.15) is 4.98 Å². The fourth-order valence-corrected chi connectivity index (χ4v) is 6.37. The summed E-state index contributed by atoms with van der Waals surface area (Å²) >= 11 is 1.62. The quantitative estimate of drug-likeness (QED) is 0.292. The highest BCUT2D eigenvalue weighted by Crippen LogP contribution is 2.31. The molecule has 9 heteroatoms. The summed E-state index contributed by atoms with van der Waals surface area (Å²) in [5.41, 5.74) is 4.11. The first-order valence-electron chi connectivity index (χ1n) is 13.7. The van der Waals surface area contributed by atoms with Crippen molar-refractivity contribution >= 4 is 44.0 Å². The second-order valence-electron chi connectivity index (χ2n) is 10.4. The molecule has 0 bridgehead atoms. The van der Waals surface area contributed by atoms with Gasteiger partial charge in [-0.1, -0.05) is 49.3 Å². The standard InChI is InChI=1S/C29H39N7OS/c1-5-21(15-30-4)22-11-12-25-26(13-22)38-29(33-25)35-27-14-24(18-36-16-19(2)37-20(3)17-36)32-28(34-27)31-23-9-7-6-8-10-23/h5,11-15,19-20,23,30H,1,6-10,16-18H2,2-4H3,(H2,31,32,33,34,35)/b21-15+. The Morgan fingerprint density at radius 3 is 2.63 bits per heavy atom. The number of hydrogen-bond donors (Lipinski definition) is 3. The maximum absolute atomic E-state index is 5.94. The Kier molecular flexibility index (Phi) is 8.56. The van der Waals surface area contributed by atoms with E-state index in [1.54, 1.807) is 11.3 Å². The van der Waals surface area contributed by atoms with Gasteiger partial charge in [0.15, 0.2) is 5.13 Å². The molecular weight excluding hydrogens is 494 g/mol. The summed E-state index contributed by atoms with van der Waals surface area (Å²) in [5, 5.41) is 11.0. The molecule has 2 unspecified atom stereocenters. The van der Waals surface area contributed by atoms with E-state index < -0.39 is 0 Å². The molecule has 0 radical (unpaired) electrons. The molecule has 5 rings (SSSR count). The van der Waals surface area contributed by atoms with Crippen molar-refractivity contribution in [3.05, 3.63) is 54.4 Å². The van der Waals surface area contributed by atoms with E-state index in [0.29, 0.717) is 12.0 Å². The first-order chi connectivity index (χ1) is 18.5. The predicted octanol–water partition coefficient (Wildman–Crippen LogP) is 5.93. The number of nitrogens with zero attached hydrogens (tertiary/aromatic N) is 4. The van der Waals surface area contributed by atoms with Crippen molar-refractivity contribution in [2.24, 2.45) is 0 Å². The van der Waals surface area contributed by atoms with Gasteiger partial charge >= 0.3 is 0 Å². The smallest absolute Gasteiger partial charge is 0.225 e. The second kappa shape index (κ2) is 12.2. The molecule has 2 aromatic heterocycles. The van der Waals surface area contributed by atoms with E-state index in [9.17, 15) is 0 Å². The van der Waals surface area contributed by atoms with E-state index in [2.05, 4.69) is 65.5 Å². The molecule has 2 atom stereocenters. The molecule has 1 aromatic carbocycles. The Morgan fingerprint density at radius 1 is 1.11 bits per heavy atom. The monoisotopic (exact) mass is 533 g/mol. The van der Waals surface area contributed by atoms with Crippen molar-refractivity contribution in [1.29, 1.82) is 0 Å². The Labute approximate surface area is 229 Å². The molecule has 1 saturated heterocycles. The van der Waals surface area contributed by atoms with Gasteiger partial charge in [0.1, 0.15) is 5.82 Å². The van der Waals surface area contributed by atoms with Gasteiger partial charge in [0.2, 0.25) is 5.95 Å². The van der Waals surface area contributed by atoms with Crippen LogP contribution in [0.1, 0.15) is 57.2 Å². The van der Waals surface area contributed by atoms with Crippen LogP contribution in [0.25, 0.3) is 15.8 Å². The molecular formula is C29H39N7OS. The summed E-state index contributed by atoms with van der Waals surface area (Å²) in [7, 11) is 1.89. The highest BCUT2D eigenvalue weighted by molar-refractivity contribution is 7.22. The Bertz CT molecular complexity index is 1270. The van der Waals surface area contributed by atoms with Crippen LogP contribution in [-0.2, 0) is 11.3 Å². The second-order valence-corrected chi connectivity index (χ2v) is 11.4. The zero-order valence-electron chi connectivity index (χ0n) is 22.7. The average Bonchev–Trinajstić information content (AvgIpc) is 3.28. The van der Waals surface area contributed by atoms with Gasteiger partial charge in [0, 0.05) is 45.0 Å². The lowest BCUT2D eigenvalue weighted by molar-refractivity contribution is -0.0707. The number of anilines is 3. The first-order valence-corrected chi connectivity index (χ1v) is 14.5. The van der Waals surface area contributed by atoms with E-state index in [1.807, 2.05) is 19.3 Å². The number of allylic oxidation sites excluding steroid dienone is 2. The Balaban J connectivity index is 1.39. The van der Waals surface area contributed by atoms with Crippen molar-refractivity contribution in [3.63, 3.8) is 0 Å². The molecule has 3 aromatic rings. The third kappa shape index (κ3) is 6.70. The van der Waals surface area contributed by atoms with Crippen molar-refractivity contribution in [3.8, 4) is 0 Å². The summed E-state index contributed by atoms with van der Waals surface area (Å²) in [6, 6.07) is 8.78. The van der Waals surface area contributed by atoms with Crippen LogP contribution in [0.15, 0.2) is 43.1 Å². The lowest BCUT2D eigenvalue weighted by Crippen LogP contribution is -2.45. The molecule has 0 amide bonds. The number of nitrogens with one attached hydrogen (secondary N) is 3. The van der Waals surface area contributed by atoms with E-state index in [0.717, 1.165) is 57.6 Å². The molecule has 3 heterocycles. The van der Waals surface area contributed by atoms with E-state index in [1.165, 1.54) is 32.1 Å². The molecule has 202 valence electrons. The fourth-order valence-electron chi connectivity index (χ4n) is 5.46. The summed E-state index contributed by atoms with van der Waals surface area (Å²) in [4.78, 5) is 17.0. The van der Waals surface area contributed by atoms with Gasteiger partial charge < -0.3 is 20.7 Å². The minimum atomic E-state index is 0.218. The maximum atomic E-state index is 5.94. The van der Waals surface area contributed by atoms with Crippen molar-refractivity contribution < 1.29 is 4.74 Å². The van der Waals surface area contributed by atoms with Crippen LogP contribution in [-0.4, -0.2) is 58.2 Å². The summed E-state index contributed by atoms with van der Waals surface area (Å²) in [5.74, 6) is 1.46. The van der Waals surface area contributed by atoms with Crippen LogP contribution in [0, 0.1) is 0 Å². The van der Waals surface area contributed by atoms with Crippen LogP contribution in [0.4, 0.5) is 16.9 Å². The van der Waals surface area contributed by atoms with Crippen LogP contribution < -0.4 is 16.0 Å². The van der Waals surface area contributed by atoms with E-state index in [-0.39, 0.29) is 12.2 Å². The first kappa shape index (κ1) is 26.6. The minimum absolute atomic E-state index is 0.218.